The van der Waals surface area contributed by atoms with E-state index >= 15 is 0 Å². The Morgan fingerprint density at radius 1 is 1.17 bits per heavy atom. The maximum atomic E-state index is 9.55. The van der Waals surface area contributed by atoms with Crippen molar-refractivity contribution in [1.82, 2.24) is 0 Å². The van der Waals surface area contributed by atoms with Crippen molar-refractivity contribution in [2.45, 2.75) is 56.7 Å². The maximum absolute atomic E-state index is 9.55. The highest BCUT2D eigenvalue weighted by atomic mass is 16.5. The van der Waals surface area contributed by atoms with Crippen molar-refractivity contribution in [2.24, 2.45) is 0 Å². The minimum absolute atomic E-state index is 0.0793. The van der Waals surface area contributed by atoms with E-state index in [0.29, 0.717) is 0 Å². The molecule has 1 heterocycles. The Bertz CT molecular complexity index is 144. The van der Waals surface area contributed by atoms with Gasteiger partial charge >= 0.3 is 0 Å². The molecule has 2 heteroatoms. The van der Waals surface area contributed by atoms with Gasteiger partial charge in [-0.2, -0.15) is 0 Å². The van der Waals surface area contributed by atoms with Crippen LogP contribution in [-0.2, 0) is 4.74 Å². The van der Waals surface area contributed by atoms with E-state index < -0.39 is 0 Å². The van der Waals surface area contributed by atoms with E-state index in [2.05, 4.69) is 0 Å². The van der Waals surface area contributed by atoms with E-state index in [0.717, 1.165) is 19.4 Å². The van der Waals surface area contributed by atoms with Gasteiger partial charge in [-0.25, -0.2) is 0 Å². The standard InChI is InChI=1S/C10H18O2/c11-9-4-7-12-10(8-9)5-2-1-3-6-10/h9,11H,1-8H2. The van der Waals surface area contributed by atoms with Crippen LogP contribution in [-0.4, -0.2) is 23.4 Å². The van der Waals surface area contributed by atoms with E-state index in [4.69, 9.17) is 4.74 Å². The Morgan fingerprint density at radius 2 is 1.92 bits per heavy atom. The zero-order valence-corrected chi connectivity index (χ0v) is 7.59. The lowest BCUT2D eigenvalue weighted by Crippen LogP contribution is -2.43. The molecule has 12 heavy (non-hydrogen) atoms. The minimum atomic E-state index is -0.100. The lowest BCUT2D eigenvalue weighted by molar-refractivity contribution is -0.134. The molecule has 1 spiro atoms. The van der Waals surface area contributed by atoms with Gasteiger partial charge in [0.1, 0.15) is 0 Å². The summed E-state index contributed by atoms with van der Waals surface area (Å²) in [4.78, 5) is 0. The number of aliphatic hydroxyl groups is 1. The first-order valence-electron chi connectivity index (χ1n) is 5.13. The van der Waals surface area contributed by atoms with Crippen LogP contribution in [0.2, 0.25) is 0 Å². The zero-order chi connectivity index (χ0) is 8.44. The summed E-state index contributed by atoms with van der Waals surface area (Å²) in [6.07, 6.45) is 7.88. The van der Waals surface area contributed by atoms with Crippen molar-refractivity contribution in [1.29, 1.82) is 0 Å². The van der Waals surface area contributed by atoms with E-state index in [-0.39, 0.29) is 11.7 Å². The molecule has 1 atom stereocenters. The first kappa shape index (κ1) is 8.52. The molecule has 1 N–H and O–H groups in total. The highest BCUT2D eigenvalue weighted by Crippen LogP contribution is 2.38. The molecule has 1 aliphatic heterocycles. The normalized spacial score (nSPS) is 35.2. The molecule has 0 aromatic rings. The van der Waals surface area contributed by atoms with Crippen molar-refractivity contribution < 1.29 is 9.84 Å². The molecule has 2 aliphatic rings. The molecule has 2 rings (SSSR count). The smallest absolute Gasteiger partial charge is 0.0707 e. The Labute approximate surface area is 73.9 Å². The van der Waals surface area contributed by atoms with Gasteiger partial charge in [-0.3, -0.25) is 0 Å². The van der Waals surface area contributed by atoms with Gasteiger partial charge in [-0.05, 0) is 19.3 Å². The van der Waals surface area contributed by atoms with Crippen molar-refractivity contribution >= 4 is 0 Å². The van der Waals surface area contributed by atoms with Gasteiger partial charge in [-0.1, -0.05) is 19.3 Å². The van der Waals surface area contributed by atoms with E-state index in [1.807, 2.05) is 0 Å². The van der Waals surface area contributed by atoms with Crippen LogP contribution in [0.5, 0.6) is 0 Å². The van der Waals surface area contributed by atoms with Gasteiger partial charge < -0.3 is 9.84 Å². The lowest BCUT2D eigenvalue weighted by atomic mass is 9.79. The Kier molecular flexibility index (Phi) is 2.37. The second-order valence-corrected chi connectivity index (χ2v) is 4.24. The molecule has 1 saturated heterocycles. The average molecular weight is 170 g/mol. The van der Waals surface area contributed by atoms with Crippen LogP contribution < -0.4 is 0 Å². The second kappa shape index (κ2) is 3.35. The third-order valence-electron chi connectivity index (χ3n) is 3.23. The highest BCUT2D eigenvalue weighted by Gasteiger charge is 2.37. The zero-order valence-electron chi connectivity index (χ0n) is 7.59. The SMILES string of the molecule is OC1CCOC2(CCCCC2)C1. The summed E-state index contributed by atoms with van der Waals surface area (Å²) in [5.74, 6) is 0. The van der Waals surface area contributed by atoms with Crippen LogP contribution in [0.4, 0.5) is 0 Å². The van der Waals surface area contributed by atoms with Crippen LogP contribution in [0.15, 0.2) is 0 Å². The molecule has 1 aliphatic carbocycles. The fraction of sp³-hybridized carbons (Fsp3) is 1.00. The summed E-state index contributed by atoms with van der Waals surface area (Å²) in [5.41, 5.74) is 0.0793. The minimum Gasteiger partial charge on any atom is -0.393 e. The number of hydrogen-bond donors (Lipinski definition) is 1. The topological polar surface area (TPSA) is 29.5 Å². The predicted molar refractivity (Wildman–Crippen MR) is 47.0 cm³/mol. The van der Waals surface area contributed by atoms with Crippen LogP contribution in [0, 0.1) is 0 Å². The second-order valence-electron chi connectivity index (χ2n) is 4.24. The molecule has 0 radical (unpaired) electrons. The van der Waals surface area contributed by atoms with Crippen molar-refractivity contribution in [2.75, 3.05) is 6.61 Å². The van der Waals surface area contributed by atoms with Crippen LogP contribution in [0.1, 0.15) is 44.9 Å². The van der Waals surface area contributed by atoms with Crippen LogP contribution >= 0.6 is 0 Å². The molecule has 1 saturated carbocycles. The number of aliphatic hydroxyl groups excluding tert-OH is 1. The summed E-state index contributed by atoms with van der Waals surface area (Å²) < 4.78 is 5.82. The average Bonchev–Trinajstić information content (AvgIpc) is 2.05. The molecule has 0 bridgehead atoms. The highest BCUT2D eigenvalue weighted by molar-refractivity contribution is 4.89. The summed E-state index contributed by atoms with van der Waals surface area (Å²) in [6, 6.07) is 0. The summed E-state index contributed by atoms with van der Waals surface area (Å²) in [7, 11) is 0. The molecule has 0 amide bonds. The molecule has 0 aromatic heterocycles. The molecular weight excluding hydrogens is 152 g/mol. The summed E-state index contributed by atoms with van der Waals surface area (Å²) in [5, 5.41) is 9.55. The van der Waals surface area contributed by atoms with Crippen molar-refractivity contribution in [3.63, 3.8) is 0 Å². The quantitative estimate of drug-likeness (QED) is 0.601. The predicted octanol–water partition coefficient (Wildman–Crippen LogP) is 1.86. The third kappa shape index (κ3) is 1.64. The molecular formula is C10H18O2. The lowest BCUT2D eigenvalue weighted by Gasteiger charge is -2.42. The molecule has 2 fully saturated rings. The van der Waals surface area contributed by atoms with Crippen molar-refractivity contribution in [3.8, 4) is 0 Å². The molecule has 0 aromatic carbocycles. The van der Waals surface area contributed by atoms with E-state index in [9.17, 15) is 5.11 Å². The van der Waals surface area contributed by atoms with Gasteiger partial charge in [0.15, 0.2) is 0 Å². The van der Waals surface area contributed by atoms with Gasteiger partial charge in [0.05, 0.1) is 11.7 Å². The fourth-order valence-corrected chi connectivity index (χ4v) is 2.55. The Morgan fingerprint density at radius 3 is 2.58 bits per heavy atom. The van der Waals surface area contributed by atoms with Crippen LogP contribution in [0.25, 0.3) is 0 Å². The first-order chi connectivity index (χ1) is 5.81. The van der Waals surface area contributed by atoms with Gasteiger partial charge in [0.2, 0.25) is 0 Å². The van der Waals surface area contributed by atoms with Gasteiger partial charge in [0, 0.05) is 13.0 Å². The Hall–Kier alpha value is -0.0800. The number of hydrogen-bond acceptors (Lipinski definition) is 2. The number of rotatable bonds is 0. The monoisotopic (exact) mass is 170 g/mol. The van der Waals surface area contributed by atoms with Gasteiger partial charge in [0.25, 0.3) is 0 Å². The van der Waals surface area contributed by atoms with Gasteiger partial charge in [-0.15, -0.1) is 0 Å². The maximum Gasteiger partial charge on any atom is 0.0707 e. The first-order valence-corrected chi connectivity index (χ1v) is 5.13. The van der Waals surface area contributed by atoms with Crippen molar-refractivity contribution in [3.05, 3.63) is 0 Å². The molecule has 70 valence electrons. The van der Waals surface area contributed by atoms with E-state index in [1.54, 1.807) is 0 Å². The molecule has 1 unspecified atom stereocenters. The van der Waals surface area contributed by atoms with E-state index in [1.165, 1.54) is 32.1 Å². The summed E-state index contributed by atoms with van der Waals surface area (Å²) >= 11 is 0. The molecule has 2 nitrogen and oxygen atoms in total. The third-order valence-corrected chi connectivity index (χ3v) is 3.23. The fourth-order valence-electron chi connectivity index (χ4n) is 2.55. The number of ether oxygens (including phenoxy) is 1. The Balaban J connectivity index is 1.97. The van der Waals surface area contributed by atoms with Crippen LogP contribution in [0.3, 0.4) is 0 Å². The summed E-state index contributed by atoms with van der Waals surface area (Å²) in [6.45, 7) is 0.765. The largest absolute Gasteiger partial charge is 0.393 e.